The normalized spacial score (nSPS) is 15.4. The van der Waals surface area contributed by atoms with E-state index in [1.54, 1.807) is 21.3 Å². The average molecular weight is 520 g/mol. The lowest BCUT2D eigenvalue weighted by atomic mass is 9.94. The van der Waals surface area contributed by atoms with Gasteiger partial charge in [0, 0.05) is 30.9 Å². The van der Waals surface area contributed by atoms with Crippen LogP contribution < -0.4 is 24.8 Å². The number of likely N-dealkylation sites (tertiary alicyclic amines) is 1. The van der Waals surface area contributed by atoms with Crippen LogP contribution in [0.4, 0.5) is 5.69 Å². The van der Waals surface area contributed by atoms with Crippen molar-refractivity contribution in [1.29, 1.82) is 0 Å². The van der Waals surface area contributed by atoms with E-state index in [2.05, 4.69) is 29.4 Å². The van der Waals surface area contributed by atoms with Crippen LogP contribution in [0.2, 0.25) is 0 Å². The number of benzene rings is 1. The molecule has 1 aliphatic rings. The second-order valence-corrected chi connectivity index (χ2v) is 6.97. The number of ether oxygens (including phenoxy) is 3. The Bertz CT molecular complexity index is 609. The van der Waals surface area contributed by atoms with Gasteiger partial charge < -0.3 is 29.7 Å². The third kappa shape index (κ3) is 7.73. The number of guanidine groups is 1. The fraction of sp³-hybridized carbons (Fsp3) is 0.667. The van der Waals surface area contributed by atoms with E-state index in [-0.39, 0.29) is 24.0 Å². The van der Waals surface area contributed by atoms with Crippen molar-refractivity contribution >= 4 is 35.6 Å². The molecular formula is C21H37IN4O3. The number of rotatable bonds is 9. The zero-order chi connectivity index (χ0) is 20.4. The average Bonchev–Trinajstić information content (AvgIpc) is 2.73. The molecule has 0 radical (unpaired) electrons. The molecule has 0 spiro atoms. The summed E-state index contributed by atoms with van der Waals surface area (Å²) >= 11 is 0. The second-order valence-electron chi connectivity index (χ2n) is 6.97. The molecule has 0 aromatic heterocycles. The molecule has 2 rings (SSSR count). The molecule has 2 N–H and O–H groups in total. The highest BCUT2D eigenvalue weighted by Gasteiger charge is 2.18. The van der Waals surface area contributed by atoms with Crippen LogP contribution in [-0.2, 0) is 0 Å². The Morgan fingerprint density at radius 2 is 1.69 bits per heavy atom. The molecule has 1 saturated heterocycles. The van der Waals surface area contributed by atoms with Gasteiger partial charge in [0.1, 0.15) is 0 Å². The number of hydrogen-bond donors (Lipinski definition) is 2. The van der Waals surface area contributed by atoms with Gasteiger partial charge in [0.2, 0.25) is 5.75 Å². The summed E-state index contributed by atoms with van der Waals surface area (Å²) in [6.45, 7) is 9.51. The lowest BCUT2D eigenvalue weighted by Gasteiger charge is -2.30. The van der Waals surface area contributed by atoms with Gasteiger partial charge >= 0.3 is 0 Å². The van der Waals surface area contributed by atoms with Gasteiger partial charge in [-0.2, -0.15) is 0 Å². The van der Waals surface area contributed by atoms with E-state index in [1.807, 2.05) is 12.1 Å². The number of halogens is 1. The molecule has 8 heteroatoms. The predicted octanol–water partition coefficient (Wildman–Crippen LogP) is 3.83. The lowest BCUT2D eigenvalue weighted by molar-refractivity contribution is 0.188. The molecule has 0 saturated carbocycles. The number of anilines is 1. The highest BCUT2D eigenvalue weighted by molar-refractivity contribution is 14.0. The number of nitrogens with zero attached hydrogens (tertiary/aromatic N) is 2. The maximum absolute atomic E-state index is 5.43. The number of nitrogens with one attached hydrogen (secondary N) is 2. The Morgan fingerprint density at radius 3 is 2.17 bits per heavy atom. The van der Waals surface area contributed by atoms with Gasteiger partial charge in [-0.3, -0.25) is 4.99 Å². The first-order valence-corrected chi connectivity index (χ1v) is 10.2. The minimum Gasteiger partial charge on any atom is -0.493 e. The molecular weight excluding hydrogens is 483 g/mol. The summed E-state index contributed by atoms with van der Waals surface area (Å²) in [5.41, 5.74) is 0.838. The van der Waals surface area contributed by atoms with Gasteiger partial charge in [-0.1, -0.05) is 6.92 Å². The first-order chi connectivity index (χ1) is 13.6. The first kappa shape index (κ1) is 25.6. The smallest absolute Gasteiger partial charge is 0.203 e. The van der Waals surface area contributed by atoms with Gasteiger partial charge in [-0.15, -0.1) is 24.0 Å². The summed E-state index contributed by atoms with van der Waals surface area (Å²) in [5.74, 6) is 3.35. The first-order valence-electron chi connectivity index (χ1n) is 10.2. The van der Waals surface area contributed by atoms with E-state index in [0.717, 1.165) is 43.6 Å². The van der Waals surface area contributed by atoms with E-state index < -0.39 is 0 Å². The predicted molar refractivity (Wildman–Crippen MR) is 131 cm³/mol. The van der Waals surface area contributed by atoms with Crippen molar-refractivity contribution in [1.82, 2.24) is 10.2 Å². The number of aliphatic imine (C=N–C) groups is 1. The second kappa shape index (κ2) is 13.7. The molecule has 7 nitrogen and oxygen atoms in total. The van der Waals surface area contributed by atoms with Crippen LogP contribution in [-0.4, -0.2) is 64.9 Å². The van der Waals surface area contributed by atoms with Gasteiger partial charge in [0.15, 0.2) is 17.5 Å². The van der Waals surface area contributed by atoms with Crippen molar-refractivity contribution in [2.45, 2.75) is 33.1 Å². The van der Waals surface area contributed by atoms with Crippen LogP contribution in [0.15, 0.2) is 17.1 Å². The highest BCUT2D eigenvalue weighted by atomic mass is 127. The molecule has 1 heterocycles. The molecule has 1 aromatic rings. The maximum atomic E-state index is 5.43. The lowest BCUT2D eigenvalue weighted by Crippen LogP contribution is -2.34. The van der Waals surface area contributed by atoms with Crippen LogP contribution >= 0.6 is 24.0 Å². The van der Waals surface area contributed by atoms with Gasteiger partial charge in [0.25, 0.3) is 0 Å². The van der Waals surface area contributed by atoms with E-state index in [9.17, 15) is 0 Å². The number of methoxy groups -OCH3 is 3. The Kier molecular flexibility index (Phi) is 12.1. The molecule has 0 atom stereocenters. The number of piperidine rings is 1. The third-order valence-corrected chi connectivity index (χ3v) is 5.23. The Balaban J connectivity index is 0.00000420. The van der Waals surface area contributed by atoms with E-state index in [0.29, 0.717) is 17.2 Å². The standard InChI is InChI=1S/C21H36N4O3.HI/c1-6-22-21(23-11-8-16-9-12-25(7-2)13-10-16)24-17-14-18(26-3)20(28-5)19(15-17)27-4;/h14-16H,6-13H2,1-5H3,(H2,22,23,24);1H. The SMILES string of the molecule is CCNC(=NCCC1CCN(CC)CC1)Nc1cc(OC)c(OC)c(OC)c1.I. The molecule has 166 valence electrons. The zero-order valence-corrected chi connectivity index (χ0v) is 20.7. The molecule has 0 amide bonds. The molecule has 1 aliphatic heterocycles. The summed E-state index contributed by atoms with van der Waals surface area (Å²) in [7, 11) is 4.83. The van der Waals surface area contributed by atoms with Crippen LogP contribution in [0.1, 0.15) is 33.1 Å². The summed E-state index contributed by atoms with van der Waals surface area (Å²) in [6, 6.07) is 3.77. The molecule has 0 bridgehead atoms. The highest BCUT2D eigenvalue weighted by Crippen LogP contribution is 2.39. The Morgan fingerprint density at radius 1 is 1.07 bits per heavy atom. The van der Waals surface area contributed by atoms with E-state index in [1.165, 1.54) is 25.9 Å². The Labute approximate surface area is 192 Å². The van der Waals surface area contributed by atoms with Crippen molar-refractivity contribution in [2.75, 3.05) is 59.4 Å². The molecule has 29 heavy (non-hydrogen) atoms. The topological polar surface area (TPSA) is 67.4 Å². The fourth-order valence-electron chi connectivity index (χ4n) is 3.55. The van der Waals surface area contributed by atoms with Gasteiger partial charge in [-0.25, -0.2) is 0 Å². The summed E-state index contributed by atoms with van der Waals surface area (Å²) < 4.78 is 16.2. The summed E-state index contributed by atoms with van der Waals surface area (Å²) in [6.07, 6.45) is 3.68. The van der Waals surface area contributed by atoms with Crippen LogP contribution in [0.5, 0.6) is 17.2 Å². The van der Waals surface area contributed by atoms with Crippen LogP contribution in [0, 0.1) is 5.92 Å². The Hall–Kier alpha value is -1.42. The quantitative estimate of drug-likeness (QED) is 0.293. The zero-order valence-electron chi connectivity index (χ0n) is 18.4. The third-order valence-electron chi connectivity index (χ3n) is 5.23. The van der Waals surface area contributed by atoms with Crippen molar-refractivity contribution in [3.8, 4) is 17.2 Å². The minimum absolute atomic E-state index is 0. The van der Waals surface area contributed by atoms with Crippen LogP contribution in [0.25, 0.3) is 0 Å². The summed E-state index contributed by atoms with van der Waals surface area (Å²) in [5, 5.41) is 6.66. The fourth-order valence-corrected chi connectivity index (χ4v) is 3.55. The minimum atomic E-state index is 0. The monoisotopic (exact) mass is 520 g/mol. The van der Waals surface area contributed by atoms with Crippen molar-refractivity contribution < 1.29 is 14.2 Å². The maximum Gasteiger partial charge on any atom is 0.203 e. The van der Waals surface area contributed by atoms with E-state index in [4.69, 9.17) is 19.2 Å². The van der Waals surface area contributed by atoms with Crippen molar-refractivity contribution in [3.05, 3.63) is 12.1 Å². The van der Waals surface area contributed by atoms with Gasteiger partial charge in [0.05, 0.1) is 21.3 Å². The van der Waals surface area contributed by atoms with Crippen LogP contribution in [0.3, 0.4) is 0 Å². The van der Waals surface area contributed by atoms with E-state index >= 15 is 0 Å². The molecule has 1 aromatic carbocycles. The number of hydrogen-bond acceptors (Lipinski definition) is 5. The largest absolute Gasteiger partial charge is 0.493 e. The molecule has 0 unspecified atom stereocenters. The van der Waals surface area contributed by atoms with Crippen molar-refractivity contribution in [2.24, 2.45) is 10.9 Å². The summed E-state index contributed by atoms with van der Waals surface area (Å²) in [4.78, 5) is 7.29. The van der Waals surface area contributed by atoms with Crippen molar-refractivity contribution in [3.63, 3.8) is 0 Å². The molecule has 0 aliphatic carbocycles. The molecule has 1 fully saturated rings. The van der Waals surface area contributed by atoms with Gasteiger partial charge in [-0.05, 0) is 51.7 Å².